The molecule has 1 aromatic rings. The minimum Gasteiger partial charge on any atom is -0.301 e. The first kappa shape index (κ1) is 12.5. The number of hydrogen-bond acceptors (Lipinski definition) is 2. The van der Waals surface area contributed by atoms with Crippen LogP contribution in [-0.2, 0) is 13.0 Å². The van der Waals surface area contributed by atoms with Crippen molar-refractivity contribution in [3.63, 3.8) is 0 Å². The molecule has 0 aliphatic rings. The maximum atomic E-state index is 6.03. The number of aromatic nitrogens is 3. The second-order valence-electron chi connectivity index (χ2n) is 3.93. The highest BCUT2D eigenvalue weighted by Crippen LogP contribution is 2.17. The molecule has 0 amide bonds. The van der Waals surface area contributed by atoms with Crippen LogP contribution in [-0.4, -0.2) is 14.8 Å². The molecule has 0 atom stereocenters. The molecule has 86 valence electrons. The zero-order valence-electron chi connectivity index (χ0n) is 9.83. The van der Waals surface area contributed by atoms with E-state index in [2.05, 4.69) is 35.5 Å². The van der Waals surface area contributed by atoms with Crippen LogP contribution >= 0.6 is 11.6 Å². The van der Waals surface area contributed by atoms with Gasteiger partial charge in [-0.05, 0) is 23.9 Å². The Hall–Kier alpha value is -0.570. The van der Waals surface area contributed by atoms with Gasteiger partial charge in [-0.15, -0.1) is 10.2 Å². The van der Waals surface area contributed by atoms with Crippen LogP contribution in [0.5, 0.6) is 0 Å². The molecule has 0 N–H and O–H groups in total. The molecule has 1 rings (SSSR count). The Kier molecular flexibility index (Phi) is 5.09. The van der Waals surface area contributed by atoms with Crippen LogP contribution in [0.3, 0.4) is 0 Å². The molecule has 1 aromatic heterocycles. The molecular formula is C11H20ClN3. The maximum Gasteiger partial charge on any atom is 0.225 e. The van der Waals surface area contributed by atoms with Crippen LogP contribution in [0.1, 0.15) is 45.9 Å². The van der Waals surface area contributed by atoms with Gasteiger partial charge in [0.05, 0.1) is 0 Å². The van der Waals surface area contributed by atoms with Crippen LogP contribution in [0, 0.1) is 5.92 Å². The maximum absolute atomic E-state index is 6.03. The van der Waals surface area contributed by atoms with Gasteiger partial charge in [0, 0.05) is 13.0 Å². The van der Waals surface area contributed by atoms with Crippen molar-refractivity contribution in [1.82, 2.24) is 14.8 Å². The molecule has 0 radical (unpaired) electrons. The van der Waals surface area contributed by atoms with E-state index in [4.69, 9.17) is 11.6 Å². The first-order valence-corrected chi connectivity index (χ1v) is 6.18. The Morgan fingerprint density at radius 2 is 1.87 bits per heavy atom. The molecule has 0 aliphatic carbocycles. The molecule has 1 heterocycles. The van der Waals surface area contributed by atoms with Crippen molar-refractivity contribution < 1.29 is 0 Å². The van der Waals surface area contributed by atoms with Crippen LogP contribution in [0.4, 0.5) is 0 Å². The molecule has 0 unspecified atom stereocenters. The van der Waals surface area contributed by atoms with Gasteiger partial charge in [0.2, 0.25) is 5.28 Å². The number of nitrogens with zero attached hydrogens (tertiary/aromatic N) is 3. The van der Waals surface area contributed by atoms with E-state index in [0.29, 0.717) is 11.2 Å². The summed E-state index contributed by atoms with van der Waals surface area (Å²) >= 11 is 6.03. The fourth-order valence-electron chi connectivity index (χ4n) is 1.71. The lowest BCUT2D eigenvalue weighted by atomic mass is 10.0. The molecular weight excluding hydrogens is 210 g/mol. The van der Waals surface area contributed by atoms with Crippen molar-refractivity contribution in [2.45, 2.75) is 53.0 Å². The van der Waals surface area contributed by atoms with Gasteiger partial charge < -0.3 is 4.57 Å². The van der Waals surface area contributed by atoms with Gasteiger partial charge in [0.15, 0.2) is 0 Å². The van der Waals surface area contributed by atoms with E-state index in [1.54, 1.807) is 0 Å². The zero-order chi connectivity index (χ0) is 11.3. The molecule has 3 nitrogen and oxygen atoms in total. The number of rotatable bonds is 6. The normalized spacial score (nSPS) is 11.3. The predicted octanol–water partition coefficient (Wildman–Crippen LogP) is 3.32. The van der Waals surface area contributed by atoms with Crippen LogP contribution in [0.25, 0.3) is 0 Å². The number of aryl methyl sites for hydroxylation is 1. The van der Waals surface area contributed by atoms with E-state index in [1.165, 1.54) is 12.8 Å². The molecule has 4 heteroatoms. The summed E-state index contributed by atoms with van der Waals surface area (Å²) in [5.74, 6) is 1.70. The first-order chi connectivity index (χ1) is 7.22. The van der Waals surface area contributed by atoms with Crippen molar-refractivity contribution in [1.29, 1.82) is 0 Å². The first-order valence-electron chi connectivity index (χ1n) is 5.80. The monoisotopic (exact) mass is 229 g/mol. The average molecular weight is 230 g/mol. The van der Waals surface area contributed by atoms with Gasteiger partial charge in [0.25, 0.3) is 0 Å². The van der Waals surface area contributed by atoms with Gasteiger partial charge in [-0.1, -0.05) is 33.6 Å². The molecule has 0 spiro atoms. The fourth-order valence-corrected chi connectivity index (χ4v) is 1.91. The Morgan fingerprint density at radius 1 is 1.20 bits per heavy atom. The van der Waals surface area contributed by atoms with Crippen molar-refractivity contribution in [2.75, 3.05) is 0 Å². The van der Waals surface area contributed by atoms with Crippen molar-refractivity contribution in [3.8, 4) is 0 Å². The molecule has 0 aromatic carbocycles. The largest absolute Gasteiger partial charge is 0.301 e. The van der Waals surface area contributed by atoms with E-state index >= 15 is 0 Å². The summed E-state index contributed by atoms with van der Waals surface area (Å²) in [4.78, 5) is 0. The highest BCUT2D eigenvalue weighted by Gasteiger charge is 2.13. The summed E-state index contributed by atoms with van der Waals surface area (Å²) in [6.45, 7) is 7.52. The van der Waals surface area contributed by atoms with E-state index < -0.39 is 0 Å². The van der Waals surface area contributed by atoms with Crippen molar-refractivity contribution >= 4 is 11.6 Å². The summed E-state index contributed by atoms with van der Waals surface area (Å²) in [6, 6.07) is 0. The lowest BCUT2D eigenvalue weighted by Gasteiger charge is -2.14. The van der Waals surface area contributed by atoms with E-state index in [0.717, 1.165) is 25.2 Å². The second kappa shape index (κ2) is 6.11. The molecule has 0 saturated heterocycles. The average Bonchev–Trinajstić information content (AvgIpc) is 2.58. The van der Waals surface area contributed by atoms with Crippen LogP contribution in [0.15, 0.2) is 0 Å². The predicted molar refractivity (Wildman–Crippen MR) is 63.1 cm³/mol. The molecule has 0 aliphatic heterocycles. The third-order valence-corrected chi connectivity index (χ3v) is 3.13. The highest BCUT2D eigenvalue weighted by molar-refractivity contribution is 6.28. The topological polar surface area (TPSA) is 30.7 Å². The lowest BCUT2D eigenvalue weighted by Crippen LogP contribution is -2.12. The minimum absolute atomic E-state index is 0.533. The number of hydrogen-bond donors (Lipinski definition) is 0. The Balaban J connectivity index is 2.77. The summed E-state index contributed by atoms with van der Waals surface area (Å²) in [5.41, 5.74) is 0. The summed E-state index contributed by atoms with van der Waals surface area (Å²) in [7, 11) is 0. The Morgan fingerprint density at radius 3 is 2.40 bits per heavy atom. The van der Waals surface area contributed by atoms with E-state index in [-0.39, 0.29) is 0 Å². The van der Waals surface area contributed by atoms with Gasteiger partial charge in [-0.25, -0.2) is 0 Å². The zero-order valence-corrected chi connectivity index (χ0v) is 10.6. The van der Waals surface area contributed by atoms with E-state index in [9.17, 15) is 0 Å². The standard InChI is InChI=1S/C11H20ClN3/c1-4-7-10-13-14-11(12)15(10)8-9(5-2)6-3/h9H,4-8H2,1-3H3. The quantitative estimate of drug-likeness (QED) is 0.749. The lowest BCUT2D eigenvalue weighted by molar-refractivity contribution is 0.410. The Labute approximate surface area is 96.8 Å². The summed E-state index contributed by atoms with van der Waals surface area (Å²) < 4.78 is 2.06. The second-order valence-corrected chi connectivity index (χ2v) is 4.27. The van der Waals surface area contributed by atoms with E-state index in [1.807, 2.05) is 0 Å². The molecule has 15 heavy (non-hydrogen) atoms. The SMILES string of the molecule is CCCc1nnc(Cl)n1CC(CC)CC. The third-order valence-electron chi connectivity index (χ3n) is 2.85. The summed E-state index contributed by atoms with van der Waals surface area (Å²) in [6.07, 6.45) is 4.39. The van der Waals surface area contributed by atoms with Gasteiger partial charge in [-0.3, -0.25) is 0 Å². The molecule has 0 bridgehead atoms. The van der Waals surface area contributed by atoms with Gasteiger partial charge >= 0.3 is 0 Å². The third kappa shape index (κ3) is 3.20. The smallest absolute Gasteiger partial charge is 0.225 e. The van der Waals surface area contributed by atoms with Crippen LogP contribution in [0.2, 0.25) is 5.28 Å². The van der Waals surface area contributed by atoms with Crippen molar-refractivity contribution in [2.24, 2.45) is 5.92 Å². The number of halogens is 1. The minimum atomic E-state index is 0.533. The van der Waals surface area contributed by atoms with Crippen LogP contribution < -0.4 is 0 Å². The fraction of sp³-hybridized carbons (Fsp3) is 0.818. The molecule has 0 saturated carbocycles. The van der Waals surface area contributed by atoms with Crippen molar-refractivity contribution in [3.05, 3.63) is 11.1 Å². The Bertz CT molecular complexity index is 292. The van der Waals surface area contributed by atoms with Gasteiger partial charge in [-0.2, -0.15) is 0 Å². The summed E-state index contributed by atoms with van der Waals surface area (Å²) in [5, 5.41) is 8.58. The van der Waals surface area contributed by atoms with Gasteiger partial charge in [0.1, 0.15) is 5.82 Å². The molecule has 0 fully saturated rings. The highest BCUT2D eigenvalue weighted by atomic mass is 35.5.